The van der Waals surface area contributed by atoms with Crippen LogP contribution in [-0.4, -0.2) is 40.3 Å². The molecule has 0 spiro atoms. The third-order valence-electron chi connectivity index (χ3n) is 8.20. The largest absolute Gasteiger partial charge is 0.353 e. The van der Waals surface area contributed by atoms with E-state index in [-0.39, 0.29) is 5.82 Å². The Bertz CT molecular complexity index is 1860. The van der Waals surface area contributed by atoms with Crippen LogP contribution in [0.25, 0.3) is 51.6 Å². The Morgan fingerprint density at radius 1 is 1.10 bits per heavy atom. The molecule has 7 heteroatoms. The van der Waals surface area contributed by atoms with Crippen molar-refractivity contribution in [1.82, 2.24) is 30.8 Å². The second-order valence-corrected chi connectivity index (χ2v) is 11.3. The van der Waals surface area contributed by atoms with Gasteiger partial charge in [-0.1, -0.05) is 24.8 Å². The third-order valence-corrected chi connectivity index (χ3v) is 8.20. The summed E-state index contributed by atoms with van der Waals surface area (Å²) in [4.78, 5) is 8.02. The highest BCUT2D eigenvalue weighted by Crippen LogP contribution is 2.32. The highest BCUT2D eigenvalue weighted by atomic mass is 19.1. The summed E-state index contributed by atoms with van der Waals surface area (Å²) < 4.78 is 14.4. The number of nitrogens with one attached hydrogen (secondary N) is 4. The number of hydrogen-bond acceptors (Lipinski definition) is 4. The van der Waals surface area contributed by atoms with Gasteiger partial charge in [0.25, 0.3) is 0 Å². The van der Waals surface area contributed by atoms with E-state index in [4.69, 9.17) is 0 Å². The number of benzene rings is 2. The van der Waals surface area contributed by atoms with E-state index in [2.05, 4.69) is 62.5 Å². The van der Waals surface area contributed by atoms with Crippen LogP contribution in [-0.2, 0) is 13.0 Å². The SMILES string of the molecule is C=c1c(-c2cc3c(-c4cc(F)cc(CNC)c4)cccc3[nH]2)n[nH]/c1=C/C=C(\C)c1cncc(CC2CCNCC2)c1. The number of halogens is 1. The van der Waals surface area contributed by atoms with Crippen molar-refractivity contribution in [3.63, 3.8) is 0 Å². The number of rotatable bonds is 8. The van der Waals surface area contributed by atoms with Crippen LogP contribution >= 0.6 is 0 Å². The Morgan fingerprint density at radius 3 is 2.79 bits per heavy atom. The highest BCUT2D eigenvalue weighted by Gasteiger charge is 2.15. The number of hydrogen-bond donors (Lipinski definition) is 4. The molecular weight excluding hydrogens is 523 g/mol. The number of piperidine rings is 1. The predicted molar refractivity (Wildman–Crippen MR) is 170 cm³/mol. The number of aromatic amines is 2. The van der Waals surface area contributed by atoms with Crippen LogP contribution in [0.5, 0.6) is 0 Å². The van der Waals surface area contributed by atoms with Crippen molar-refractivity contribution >= 4 is 29.1 Å². The lowest BCUT2D eigenvalue weighted by Gasteiger charge is -2.22. The molecule has 42 heavy (non-hydrogen) atoms. The fraction of sp³-hybridized carbons (Fsp3) is 0.257. The molecule has 0 amide bonds. The highest BCUT2D eigenvalue weighted by molar-refractivity contribution is 5.98. The lowest BCUT2D eigenvalue weighted by Crippen LogP contribution is -2.28. The second kappa shape index (κ2) is 12.3. The lowest BCUT2D eigenvalue weighted by molar-refractivity contribution is 0.372. The first-order valence-corrected chi connectivity index (χ1v) is 14.6. The Kier molecular flexibility index (Phi) is 8.13. The van der Waals surface area contributed by atoms with Gasteiger partial charge in [0.2, 0.25) is 0 Å². The van der Waals surface area contributed by atoms with Gasteiger partial charge in [-0.05, 0) is 128 Å². The fourth-order valence-electron chi connectivity index (χ4n) is 5.92. The van der Waals surface area contributed by atoms with Crippen LogP contribution in [0.1, 0.15) is 36.5 Å². The molecule has 0 atom stereocenters. The van der Waals surface area contributed by atoms with Crippen LogP contribution in [0.3, 0.4) is 0 Å². The summed E-state index contributed by atoms with van der Waals surface area (Å²) in [6, 6.07) is 15.6. The standard InChI is InChI=1S/C35H37FN6/c1-22(28-15-25(20-39-21-28)13-24-9-11-38-12-10-24)7-8-32-23(2)35(42-41-32)34-18-31-30(5-4-6-33(31)40-34)27-14-26(19-37-3)16-29(36)17-27/h4-8,14-18,20-21,24,37-38,40-41H,2,9-13,19H2,1,3H3/b22-7+,32-8+. The molecule has 0 saturated carbocycles. The maximum Gasteiger partial charge on any atom is 0.124 e. The molecule has 6 nitrogen and oxygen atoms in total. The van der Waals surface area contributed by atoms with E-state index in [1.165, 1.54) is 18.4 Å². The van der Waals surface area contributed by atoms with Gasteiger partial charge in [-0.2, -0.15) is 5.10 Å². The molecular formula is C35H37FN6. The van der Waals surface area contributed by atoms with Crippen molar-refractivity contribution in [3.05, 3.63) is 100 Å². The number of fused-ring (bicyclic) bond motifs is 1. The van der Waals surface area contributed by atoms with E-state index >= 15 is 0 Å². The number of aromatic nitrogens is 4. The number of nitrogens with zero attached hydrogens (tertiary/aromatic N) is 2. The first-order chi connectivity index (χ1) is 20.5. The summed E-state index contributed by atoms with van der Waals surface area (Å²) >= 11 is 0. The van der Waals surface area contributed by atoms with Gasteiger partial charge in [0.15, 0.2) is 0 Å². The molecule has 0 unspecified atom stereocenters. The summed E-state index contributed by atoms with van der Waals surface area (Å²) in [5, 5.41) is 17.0. The number of pyridine rings is 1. The maximum absolute atomic E-state index is 14.4. The molecule has 5 aromatic rings. The van der Waals surface area contributed by atoms with Crippen molar-refractivity contribution in [1.29, 1.82) is 0 Å². The maximum atomic E-state index is 14.4. The Morgan fingerprint density at radius 2 is 1.95 bits per heavy atom. The van der Waals surface area contributed by atoms with Crippen LogP contribution in [0, 0.1) is 11.7 Å². The van der Waals surface area contributed by atoms with Gasteiger partial charge in [-0.25, -0.2) is 4.39 Å². The summed E-state index contributed by atoms with van der Waals surface area (Å²) in [7, 11) is 1.86. The third kappa shape index (κ3) is 5.98. The number of H-pyrrole nitrogens is 2. The molecule has 3 aromatic heterocycles. The minimum atomic E-state index is -0.245. The molecule has 1 fully saturated rings. The predicted octanol–water partition coefficient (Wildman–Crippen LogP) is 5.31. The van der Waals surface area contributed by atoms with Crippen LogP contribution < -0.4 is 21.2 Å². The van der Waals surface area contributed by atoms with Gasteiger partial charge in [0.1, 0.15) is 11.5 Å². The van der Waals surface area contributed by atoms with E-state index < -0.39 is 0 Å². The monoisotopic (exact) mass is 560 g/mol. The van der Waals surface area contributed by atoms with Crippen LogP contribution in [0.15, 0.2) is 67.0 Å². The van der Waals surface area contributed by atoms with E-state index in [9.17, 15) is 4.39 Å². The van der Waals surface area contributed by atoms with Crippen molar-refractivity contribution in [2.45, 2.75) is 32.7 Å². The molecule has 4 heterocycles. The van der Waals surface area contributed by atoms with Gasteiger partial charge >= 0.3 is 0 Å². The smallest absolute Gasteiger partial charge is 0.124 e. The molecule has 0 radical (unpaired) electrons. The minimum absolute atomic E-state index is 0.245. The van der Waals surface area contributed by atoms with E-state index in [1.807, 2.05) is 49.8 Å². The normalized spacial score (nSPS) is 15.1. The summed E-state index contributed by atoms with van der Waals surface area (Å²) in [6.45, 7) is 9.26. The second-order valence-electron chi connectivity index (χ2n) is 11.3. The molecule has 4 N–H and O–H groups in total. The quantitative estimate of drug-likeness (QED) is 0.207. The molecule has 1 aliphatic heterocycles. The van der Waals surface area contributed by atoms with E-state index in [0.29, 0.717) is 6.54 Å². The summed E-state index contributed by atoms with van der Waals surface area (Å²) in [5.74, 6) is 0.479. The van der Waals surface area contributed by atoms with Gasteiger partial charge < -0.3 is 15.6 Å². The van der Waals surface area contributed by atoms with Crippen molar-refractivity contribution in [2.24, 2.45) is 5.92 Å². The first-order valence-electron chi connectivity index (χ1n) is 14.6. The van der Waals surface area contributed by atoms with E-state index in [0.717, 1.165) is 86.1 Å². The molecule has 1 saturated heterocycles. The summed E-state index contributed by atoms with van der Waals surface area (Å²) in [5.41, 5.74) is 8.85. The van der Waals surface area contributed by atoms with Gasteiger partial charge in [-0.3, -0.25) is 10.1 Å². The zero-order valence-electron chi connectivity index (χ0n) is 24.2. The first kappa shape index (κ1) is 27.8. The zero-order valence-corrected chi connectivity index (χ0v) is 24.2. The van der Waals surface area contributed by atoms with Gasteiger partial charge in [0.05, 0.1) is 11.0 Å². The molecule has 0 bridgehead atoms. The average Bonchev–Trinajstić information content (AvgIpc) is 3.59. The number of allylic oxidation sites excluding steroid dienone is 2. The molecule has 214 valence electrons. The molecule has 0 aliphatic carbocycles. The van der Waals surface area contributed by atoms with Crippen molar-refractivity contribution in [3.8, 4) is 22.5 Å². The topological polar surface area (TPSA) is 81.4 Å². The molecule has 2 aromatic carbocycles. The van der Waals surface area contributed by atoms with Gasteiger partial charge in [-0.15, -0.1) is 0 Å². The molecule has 1 aliphatic rings. The Balaban J connectivity index is 1.28. The van der Waals surface area contributed by atoms with E-state index in [1.54, 1.807) is 12.1 Å². The minimum Gasteiger partial charge on any atom is -0.353 e. The lowest BCUT2D eigenvalue weighted by atomic mass is 9.91. The fourth-order valence-corrected chi connectivity index (χ4v) is 5.92. The molecule has 6 rings (SSSR count). The van der Waals surface area contributed by atoms with Gasteiger partial charge in [0, 0.05) is 35.1 Å². The van der Waals surface area contributed by atoms with Crippen molar-refractivity contribution in [2.75, 3.05) is 20.1 Å². The average molecular weight is 561 g/mol. The van der Waals surface area contributed by atoms with Crippen molar-refractivity contribution < 1.29 is 4.39 Å². The summed E-state index contributed by atoms with van der Waals surface area (Å²) in [6.07, 6.45) is 11.6. The Hall–Kier alpha value is -4.33. The van der Waals surface area contributed by atoms with Crippen LogP contribution in [0.2, 0.25) is 0 Å². The zero-order chi connectivity index (χ0) is 29.1. The van der Waals surface area contributed by atoms with Crippen LogP contribution in [0.4, 0.5) is 4.39 Å². The Labute approximate surface area is 245 Å².